The number of aromatic nitrogens is 2. The lowest BCUT2D eigenvalue weighted by atomic mass is 10.6. The fourth-order valence-electron chi connectivity index (χ4n) is 1.10. The second-order valence-electron chi connectivity index (χ2n) is 2.87. The highest BCUT2D eigenvalue weighted by atomic mass is 32.2. The Kier molecular flexibility index (Phi) is 3.65. The van der Waals surface area contributed by atoms with E-state index < -0.39 is 9.84 Å². The van der Waals surface area contributed by atoms with Gasteiger partial charge < -0.3 is 9.30 Å². The minimum Gasteiger partial charge on any atom is -0.380 e. The molecule has 0 atom stereocenters. The van der Waals surface area contributed by atoms with Crippen molar-refractivity contribution < 1.29 is 13.2 Å². The molecule has 6 heteroatoms. The monoisotopic (exact) mass is 218 g/mol. The Hall–Kier alpha value is -0.880. The molecule has 0 aliphatic heterocycles. The van der Waals surface area contributed by atoms with Gasteiger partial charge in [-0.3, -0.25) is 0 Å². The van der Waals surface area contributed by atoms with Crippen LogP contribution in [0.1, 0.15) is 6.92 Å². The van der Waals surface area contributed by atoms with E-state index in [2.05, 4.69) is 4.98 Å². The van der Waals surface area contributed by atoms with Crippen molar-refractivity contribution in [3.8, 4) is 0 Å². The number of hydrogen-bond donors (Lipinski definition) is 0. The van der Waals surface area contributed by atoms with Crippen LogP contribution in [0.4, 0.5) is 0 Å². The Balaban J connectivity index is 2.74. The van der Waals surface area contributed by atoms with Crippen LogP contribution in [0.2, 0.25) is 0 Å². The second-order valence-corrected chi connectivity index (χ2v) is 4.78. The molecule has 1 rings (SSSR count). The van der Waals surface area contributed by atoms with Gasteiger partial charge in [0.1, 0.15) is 0 Å². The Labute approximate surface area is 83.6 Å². The molecule has 0 radical (unpaired) electrons. The lowest BCUT2D eigenvalue weighted by molar-refractivity contribution is 0.137. The van der Waals surface area contributed by atoms with E-state index in [1.54, 1.807) is 10.8 Å². The van der Waals surface area contributed by atoms with Gasteiger partial charge in [-0.05, 0) is 6.92 Å². The van der Waals surface area contributed by atoms with Crippen LogP contribution in [0.5, 0.6) is 0 Å². The lowest BCUT2D eigenvalue weighted by Gasteiger charge is -2.05. The first kappa shape index (κ1) is 11.2. The first-order chi connectivity index (χ1) is 6.55. The molecule has 0 aliphatic rings. The summed E-state index contributed by atoms with van der Waals surface area (Å²) in [5, 5.41) is 0.0946. The zero-order valence-electron chi connectivity index (χ0n) is 8.30. The van der Waals surface area contributed by atoms with Crippen LogP contribution in [-0.2, 0) is 21.1 Å². The number of sulfone groups is 1. The van der Waals surface area contributed by atoms with Gasteiger partial charge in [0.25, 0.3) is 0 Å². The van der Waals surface area contributed by atoms with E-state index in [9.17, 15) is 8.42 Å². The van der Waals surface area contributed by atoms with Gasteiger partial charge in [-0.2, -0.15) is 0 Å². The van der Waals surface area contributed by atoms with Crippen LogP contribution in [0, 0.1) is 0 Å². The van der Waals surface area contributed by atoms with Gasteiger partial charge in [0.2, 0.25) is 15.0 Å². The molecular weight excluding hydrogens is 204 g/mol. The van der Waals surface area contributed by atoms with Crippen LogP contribution in [0.15, 0.2) is 17.6 Å². The Morgan fingerprint density at radius 1 is 1.57 bits per heavy atom. The molecule has 0 aliphatic carbocycles. The summed E-state index contributed by atoms with van der Waals surface area (Å²) < 4.78 is 29.2. The maximum Gasteiger partial charge on any atom is 0.227 e. The Bertz CT molecular complexity index is 383. The average molecular weight is 218 g/mol. The largest absolute Gasteiger partial charge is 0.380 e. The third-order valence-corrected chi connectivity index (χ3v) is 2.69. The van der Waals surface area contributed by atoms with Crippen molar-refractivity contribution in [2.75, 3.05) is 19.5 Å². The van der Waals surface area contributed by atoms with E-state index in [4.69, 9.17) is 4.74 Å². The molecule has 1 aromatic rings. The van der Waals surface area contributed by atoms with Crippen molar-refractivity contribution in [3.63, 3.8) is 0 Å². The minimum atomic E-state index is -3.23. The van der Waals surface area contributed by atoms with Crippen LogP contribution in [0.25, 0.3) is 0 Å². The maximum atomic E-state index is 11.2. The van der Waals surface area contributed by atoms with E-state index in [0.717, 1.165) is 6.26 Å². The zero-order chi connectivity index (χ0) is 10.6. The van der Waals surface area contributed by atoms with Gasteiger partial charge in [0, 0.05) is 31.8 Å². The Morgan fingerprint density at radius 2 is 2.29 bits per heavy atom. The minimum absolute atomic E-state index is 0.0946. The maximum absolute atomic E-state index is 11.2. The van der Waals surface area contributed by atoms with Crippen molar-refractivity contribution in [3.05, 3.63) is 12.4 Å². The smallest absolute Gasteiger partial charge is 0.227 e. The molecule has 5 nitrogen and oxygen atoms in total. The van der Waals surface area contributed by atoms with Crippen LogP contribution < -0.4 is 0 Å². The summed E-state index contributed by atoms with van der Waals surface area (Å²) in [5.74, 6) is 0. The van der Waals surface area contributed by atoms with Gasteiger partial charge in [-0.25, -0.2) is 13.4 Å². The fourth-order valence-corrected chi connectivity index (χ4v) is 1.93. The van der Waals surface area contributed by atoms with E-state index >= 15 is 0 Å². The van der Waals surface area contributed by atoms with Crippen molar-refractivity contribution in [1.29, 1.82) is 0 Å². The molecule has 1 heterocycles. The van der Waals surface area contributed by atoms with Crippen LogP contribution >= 0.6 is 0 Å². The molecule has 1 aromatic heterocycles. The molecule has 0 saturated heterocycles. The number of nitrogens with zero attached hydrogens (tertiary/aromatic N) is 2. The highest BCUT2D eigenvalue weighted by Crippen LogP contribution is 2.05. The van der Waals surface area contributed by atoms with Crippen molar-refractivity contribution >= 4 is 9.84 Å². The van der Waals surface area contributed by atoms with Crippen LogP contribution in [0.3, 0.4) is 0 Å². The van der Waals surface area contributed by atoms with Gasteiger partial charge in [-0.1, -0.05) is 0 Å². The molecule has 14 heavy (non-hydrogen) atoms. The first-order valence-electron chi connectivity index (χ1n) is 4.34. The SMILES string of the molecule is CCOCCn1ccnc1S(C)(=O)=O. The molecule has 80 valence electrons. The highest BCUT2D eigenvalue weighted by Gasteiger charge is 2.13. The number of rotatable bonds is 5. The number of hydrogen-bond acceptors (Lipinski definition) is 4. The van der Waals surface area contributed by atoms with Gasteiger partial charge >= 0.3 is 0 Å². The molecule has 0 saturated carbocycles. The number of imidazole rings is 1. The molecule has 0 bridgehead atoms. The van der Waals surface area contributed by atoms with Gasteiger partial charge in [0.15, 0.2) is 0 Å². The third kappa shape index (κ3) is 2.81. The van der Waals surface area contributed by atoms with E-state index in [0.29, 0.717) is 19.8 Å². The second kappa shape index (κ2) is 4.56. The van der Waals surface area contributed by atoms with Gasteiger partial charge in [0.05, 0.1) is 6.61 Å². The van der Waals surface area contributed by atoms with E-state index in [1.165, 1.54) is 6.20 Å². The highest BCUT2D eigenvalue weighted by molar-refractivity contribution is 7.90. The molecular formula is C8H14N2O3S. The summed E-state index contributed by atoms with van der Waals surface area (Å²) in [7, 11) is -3.23. The van der Waals surface area contributed by atoms with Crippen molar-refractivity contribution in [2.45, 2.75) is 18.6 Å². The zero-order valence-corrected chi connectivity index (χ0v) is 9.12. The van der Waals surface area contributed by atoms with Crippen LogP contribution in [-0.4, -0.2) is 37.4 Å². The first-order valence-corrected chi connectivity index (χ1v) is 6.23. The predicted octanol–water partition coefficient (Wildman–Crippen LogP) is 0.323. The molecule has 0 aromatic carbocycles. The molecule has 0 unspecified atom stereocenters. The topological polar surface area (TPSA) is 61.2 Å². The molecule has 0 amide bonds. The average Bonchev–Trinajstić information content (AvgIpc) is 2.52. The Morgan fingerprint density at radius 3 is 2.86 bits per heavy atom. The lowest BCUT2D eigenvalue weighted by Crippen LogP contribution is -2.12. The van der Waals surface area contributed by atoms with Crippen molar-refractivity contribution in [2.24, 2.45) is 0 Å². The van der Waals surface area contributed by atoms with Crippen molar-refractivity contribution in [1.82, 2.24) is 9.55 Å². The third-order valence-electron chi connectivity index (χ3n) is 1.69. The summed E-state index contributed by atoms with van der Waals surface area (Å²) >= 11 is 0. The summed E-state index contributed by atoms with van der Waals surface area (Å²) in [6.45, 7) is 3.53. The predicted molar refractivity (Wildman–Crippen MR) is 51.8 cm³/mol. The summed E-state index contributed by atoms with van der Waals surface area (Å²) in [4.78, 5) is 3.79. The normalized spacial score (nSPS) is 11.9. The van der Waals surface area contributed by atoms with E-state index in [1.807, 2.05) is 6.92 Å². The van der Waals surface area contributed by atoms with E-state index in [-0.39, 0.29) is 5.16 Å². The summed E-state index contributed by atoms with van der Waals surface area (Å²) in [6, 6.07) is 0. The number of ether oxygens (including phenoxy) is 1. The fraction of sp³-hybridized carbons (Fsp3) is 0.625. The molecule has 0 N–H and O–H groups in total. The quantitative estimate of drug-likeness (QED) is 0.668. The molecule has 0 fully saturated rings. The summed E-state index contributed by atoms with van der Waals surface area (Å²) in [5.41, 5.74) is 0. The summed E-state index contributed by atoms with van der Waals surface area (Å²) in [6.07, 6.45) is 4.25. The molecule has 0 spiro atoms. The standard InChI is InChI=1S/C8H14N2O3S/c1-3-13-7-6-10-5-4-9-8(10)14(2,11)12/h4-5H,3,6-7H2,1-2H3. The van der Waals surface area contributed by atoms with Gasteiger partial charge in [-0.15, -0.1) is 0 Å².